The Bertz CT molecular complexity index is 465. The molecular weight excluding hydrogens is 214 g/mol. The molecule has 0 spiro atoms. The van der Waals surface area contributed by atoms with E-state index in [2.05, 4.69) is 15.6 Å². The molecule has 1 amide bonds. The topological polar surface area (TPSA) is 54.0 Å². The molecule has 2 rings (SSSR count). The van der Waals surface area contributed by atoms with E-state index in [0.29, 0.717) is 5.82 Å². The molecule has 1 aromatic heterocycles. The Morgan fingerprint density at radius 2 is 2.06 bits per heavy atom. The molecule has 4 nitrogen and oxygen atoms in total. The lowest BCUT2D eigenvalue weighted by Crippen LogP contribution is -2.36. The molecule has 0 saturated carbocycles. The number of rotatable bonds is 2. The van der Waals surface area contributed by atoms with E-state index in [0.717, 1.165) is 29.9 Å². The summed E-state index contributed by atoms with van der Waals surface area (Å²) in [6, 6.07) is 3.86. The summed E-state index contributed by atoms with van der Waals surface area (Å²) in [6.07, 6.45) is 0. The summed E-state index contributed by atoms with van der Waals surface area (Å²) in [4.78, 5) is 16.2. The second kappa shape index (κ2) is 4.67. The Kier molecular flexibility index (Phi) is 3.24. The minimum Gasteiger partial charge on any atom is -0.309 e. The molecule has 0 unspecified atom stereocenters. The van der Waals surface area contributed by atoms with Gasteiger partial charge in [-0.3, -0.25) is 4.79 Å². The highest BCUT2D eigenvalue weighted by Crippen LogP contribution is 2.13. The van der Waals surface area contributed by atoms with Gasteiger partial charge >= 0.3 is 0 Å². The maximum Gasteiger partial charge on any atom is 0.252 e. The van der Waals surface area contributed by atoms with Gasteiger partial charge in [0.05, 0.1) is 0 Å². The van der Waals surface area contributed by atoms with Crippen molar-refractivity contribution in [2.75, 3.05) is 18.4 Å². The Balaban J connectivity index is 2.12. The van der Waals surface area contributed by atoms with Crippen molar-refractivity contribution in [3.63, 3.8) is 0 Å². The fourth-order valence-electron chi connectivity index (χ4n) is 1.79. The van der Waals surface area contributed by atoms with Crippen LogP contribution in [-0.2, 0) is 4.79 Å². The van der Waals surface area contributed by atoms with E-state index in [1.165, 1.54) is 5.57 Å². The van der Waals surface area contributed by atoms with Crippen LogP contribution in [0.2, 0.25) is 0 Å². The molecule has 1 aromatic rings. The number of carbonyl (C=O) groups is 1. The lowest BCUT2D eigenvalue weighted by Gasteiger charge is -2.21. The summed E-state index contributed by atoms with van der Waals surface area (Å²) in [5.41, 5.74) is 3.98. The average molecular weight is 231 g/mol. The number of amides is 1. The van der Waals surface area contributed by atoms with Gasteiger partial charge in [0.1, 0.15) is 5.82 Å². The summed E-state index contributed by atoms with van der Waals surface area (Å²) in [6.45, 7) is 7.41. The van der Waals surface area contributed by atoms with E-state index in [9.17, 15) is 4.79 Å². The van der Waals surface area contributed by atoms with Crippen molar-refractivity contribution in [3.05, 3.63) is 34.5 Å². The molecule has 1 saturated heterocycles. The van der Waals surface area contributed by atoms with Crippen molar-refractivity contribution in [2.24, 2.45) is 0 Å². The van der Waals surface area contributed by atoms with Crippen molar-refractivity contribution >= 4 is 11.7 Å². The van der Waals surface area contributed by atoms with Crippen LogP contribution in [0.5, 0.6) is 0 Å². The molecule has 1 aliphatic rings. The van der Waals surface area contributed by atoms with Crippen molar-refractivity contribution in [1.29, 1.82) is 0 Å². The number of pyridine rings is 1. The fraction of sp³-hybridized carbons (Fsp3) is 0.385. The highest BCUT2D eigenvalue weighted by atomic mass is 16.1. The quantitative estimate of drug-likeness (QED) is 0.759. The number of nitrogens with zero attached hydrogens (tertiary/aromatic N) is 1. The SMILES string of the molecule is CC(C(=O)Nc1cc(C)cc(C)n1)=C1CNC1. The first-order valence-corrected chi connectivity index (χ1v) is 5.72. The predicted molar refractivity (Wildman–Crippen MR) is 67.9 cm³/mol. The van der Waals surface area contributed by atoms with Crippen LogP contribution in [0.25, 0.3) is 0 Å². The third kappa shape index (κ3) is 2.71. The minimum absolute atomic E-state index is 0.0565. The van der Waals surface area contributed by atoms with Crippen LogP contribution in [0.3, 0.4) is 0 Å². The van der Waals surface area contributed by atoms with Crippen LogP contribution in [-0.4, -0.2) is 24.0 Å². The van der Waals surface area contributed by atoms with E-state index >= 15 is 0 Å². The first-order chi connectivity index (χ1) is 8.06. The Hall–Kier alpha value is -1.68. The van der Waals surface area contributed by atoms with Crippen LogP contribution in [0.15, 0.2) is 23.3 Å². The molecular formula is C13H17N3O. The molecule has 0 bridgehead atoms. The van der Waals surface area contributed by atoms with Gasteiger partial charge < -0.3 is 10.6 Å². The first kappa shape index (κ1) is 11.8. The normalized spacial score (nSPS) is 14.2. The molecule has 0 atom stereocenters. The number of aromatic nitrogens is 1. The van der Waals surface area contributed by atoms with Gasteiger partial charge in [0, 0.05) is 24.4 Å². The van der Waals surface area contributed by atoms with Crippen molar-refractivity contribution in [3.8, 4) is 0 Å². The summed E-state index contributed by atoms with van der Waals surface area (Å²) in [7, 11) is 0. The Morgan fingerprint density at radius 3 is 2.59 bits per heavy atom. The summed E-state index contributed by atoms with van der Waals surface area (Å²) in [5.74, 6) is 0.568. The summed E-state index contributed by atoms with van der Waals surface area (Å²) < 4.78 is 0. The van der Waals surface area contributed by atoms with Gasteiger partial charge in [-0.05, 0) is 44.0 Å². The standard InChI is InChI=1S/C13H17N3O/c1-8-4-9(2)15-12(5-8)16-13(17)10(3)11-6-14-7-11/h4-5,14H,6-7H2,1-3H3,(H,15,16,17). The van der Waals surface area contributed by atoms with E-state index in [-0.39, 0.29) is 5.91 Å². The molecule has 1 fully saturated rings. The zero-order chi connectivity index (χ0) is 12.4. The first-order valence-electron chi connectivity index (χ1n) is 5.72. The fourth-order valence-corrected chi connectivity index (χ4v) is 1.79. The number of nitrogens with one attached hydrogen (secondary N) is 2. The largest absolute Gasteiger partial charge is 0.309 e. The van der Waals surface area contributed by atoms with Crippen molar-refractivity contribution in [2.45, 2.75) is 20.8 Å². The minimum atomic E-state index is -0.0565. The number of hydrogen-bond donors (Lipinski definition) is 2. The zero-order valence-electron chi connectivity index (χ0n) is 10.4. The Morgan fingerprint density at radius 1 is 1.35 bits per heavy atom. The van der Waals surface area contributed by atoms with Crippen LogP contribution in [0.1, 0.15) is 18.2 Å². The molecule has 0 aromatic carbocycles. The molecule has 2 N–H and O–H groups in total. The van der Waals surface area contributed by atoms with Gasteiger partial charge in [-0.2, -0.15) is 0 Å². The van der Waals surface area contributed by atoms with E-state index in [1.54, 1.807) is 0 Å². The second-order valence-corrected chi connectivity index (χ2v) is 4.46. The molecule has 2 heterocycles. The van der Waals surface area contributed by atoms with Crippen LogP contribution >= 0.6 is 0 Å². The molecule has 1 aliphatic heterocycles. The number of hydrogen-bond acceptors (Lipinski definition) is 3. The highest BCUT2D eigenvalue weighted by Gasteiger charge is 2.16. The average Bonchev–Trinajstić information content (AvgIpc) is 2.12. The zero-order valence-corrected chi connectivity index (χ0v) is 10.4. The van der Waals surface area contributed by atoms with Gasteiger partial charge in [0.2, 0.25) is 0 Å². The van der Waals surface area contributed by atoms with Gasteiger partial charge in [0.15, 0.2) is 0 Å². The molecule has 17 heavy (non-hydrogen) atoms. The van der Waals surface area contributed by atoms with Crippen LogP contribution < -0.4 is 10.6 Å². The maximum absolute atomic E-state index is 11.9. The third-order valence-electron chi connectivity index (χ3n) is 2.89. The predicted octanol–water partition coefficient (Wildman–Crippen LogP) is 1.56. The number of carbonyl (C=O) groups excluding carboxylic acids is 1. The van der Waals surface area contributed by atoms with Gasteiger partial charge in [-0.25, -0.2) is 4.98 Å². The summed E-state index contributed by atoms with van der Waals surface area (Å²) in [5, 5.41) is 5.96. The monoisotopic (exact) mass is 231 g/mol. The molecule has 0 radical (unpaired) electrons. The van der Waals surface area contributed by atoms with Gasteiger partial charge in [-0.15, -0.1) is 0 Å². The van der Waals surface area contributed by atoms with Crippen molar-refractivity contribution < 1.29 is 4.79 Å². The number of aryl methyl sites for hydroxylation is 2. The highest BCUT2D eigenvalue weighted by molar-refractivity contribution is 6.03. The van der Waals surface area contributed by atoms with Gasteiger partial charge in [0.25, 0.3) is 5.91 Å². The molecule has 0 aliphatic carbocycles. The van der Waals surface area contributed by atoms with Crippen LogP contribution in [0, 0.1) is 13.8 Å². The maximum atomic E-state index is 11.9. The van der Waals surface area contributed by atoms with Crippen LogP contribution in [0.4, 0.5) is 5.82 Å². The molecule has 90 valence electrons. The van der Waals surface area contributed by atoms with Gasteiger partial charge in [-0.1, -0.05) is 0 Å². The number of anilines is 1. The third-order valence-corrected chi connectivity index (χ3v) is 2.89. The van der Waals surface area contributed by atoms with E-state index < -0.39 is 0 Å². The lowest BCUT2D eigenvalue weighted by atomic mass is 10.0. The lowest BCUT2D eigenvalue weighted by molar-refractivity contribution is -0.112. The second-order valence-electron chi connectivity index (χ2n) is 4.46. The summed E-state index contributed by atoms with van der Waals surface area (Å²) >= 11 is 0. The Labute approximate surface area is 101 Å². The van der Waals surface area contributed by atoms with E-state index in [4.69, 9.17) is 0 Å². The van der Waals surface area contributed by atoms with Crippen molar-refractivity contribution in [1.82, 2.24) is 10.3 Å². The van der Waals surface area contributed by atoms with E-state index in [1.807, 2.05) is 32.9 Å². The smallest absolute Gasteiger partial charge is 0.252 e. The molecule has 4 heteroatoms.